The van der Waals surface area contributed by atoms with E-state index in [1.165, 1.54) is 53.2 Å². The van der Waals surface area contributed by atoms with Crippen molar-refractivity contribution < 1.29 is 62.7 Å². The minimum Gasteiger partial charge on any atom is -0.462 e. The van der Waals surface area contributed by atoms with E-state index in [9.17, 15) is 39.0 Å². The van der Waals surface area contributed by atoms with Crippen LogP contribution >= 0.6 is 0 Å². The predicted octanol–water partition coefficient (Wildman–Crippen LogP) is 5.41. The molecule has 14 heteroatoms. The number of hydrogen-bond donors (Lipinski definition) is 3. The number of allylic oxidation sites excluding steroid dienone is 4. The Hall–Kier alpha value is -4.92. The van der Waals surface area contributed by atoms with E-state index >= 15 is 0 Å². The van der Waals surface area contributed by atoms with Crippen molar-refractivity contribution in [3.05, 3.63) is 70.2 Å². The first kappa shape index (κ1) is 44.2. The molecule has 3 heterocycles. The molecule has 1 aromatic carbocycles. The second-order valence-corrected chi connectivity index (χ2v) is 16.1. The van der Waals surface area contributed by atoms with Crippen molar-refractivity contribution in [3.63, 3.8) is 0 Å². The number of methoxy groups -OCH3 is 1. The standard InChI is InChI=1S/C44H55NO13/c1-21-14-13-15-22(2)42(52)45-29-20-30(47)32-33(37(29)50)39(57-43(53)28-16-11-10-12-17-28)26(6)40-34(32)41(51)44(8,58-40)55-19-18-31(54-9)23(3)38(56-27(7)46)25(5)36(49)24(4)35(21)48/h13-15,18-21,23-25,28,31,35-36,38,48-49H,10-12,16-17H2,1-9H3,(H,45,52)/b14-13-,19-18-,22-15-/t21-,23+,24+,25-,31-,35-,36-,38+,44-/m0/s1. The summed E-state index contributed by atoms with van der Waals surface area (Å²) in [7, 11) is 1.43. The number of ether oxygens (including phenoxy) is 5. The smallest absolute Gasteiger partial charge is 0.314 e. The zero-order valence-corrected chi connectivity index (χ0v) is 34.6. The minimum atomic E-state index is -2.07. The Balaban J connectivity index is 1.63. The Bertz CT molecular complexity index is 1970. The molecule has 2 aliphatic carbocycles. The summed E-state index contributed by atoms with van der Waals surface area (Å²) in [4.78, 5) is 82.0. The van der Waals surface area contributed by atoms with E-state index in [-0.39, 0.29) is 45.0 Å². The van der Waals surface area contributed by atoms with E-state index in [2.05, 4.69) is 5.32 Å². The highest BCUT2D eigenvalue weighted by atomic mass is 16.7. The van der Waals surface area contributed by atoms with Gasteiger partial charge in [0.15, 0.2) is 5.78 Å². The summed E-state index contributed by atoms with van der Waals surface area (Å²) in [5, 5.41) is 25.3. The fourth-order valence-corrected chi connectivity index (χ4v) is 8.26. The molecule has 14 nitrogen and oxygen atoms in total. The molecule has 3 N–H and O–H groups in total. The zero-order chi connectivity index (χ0) is 42.8. The number of rotatable bonds is 4. The summed E-state index contributed by atoms with van der Waals surface area (Å²) in [5.74, 6) is -9.72. The summed E-state index contributed by atoms with van der Waals surface area (Å²) in [6.45, 7) is 12.5. The Morgan fingerprint density at radius 2 is 1.57 bits per heavy atom. The molecule has 1 aromatic rings. The van der Waals surface area contributed by atoms with Gasteiger partial charge >= 0.3 is 17.7 Å². The largest absolute Gasteiger partial charge is 0.462 e. The van der Waals surface area contributed by atoms with Gasteiger partial charge in [-0.25, -0.2) is 0 Å². The fraction of sp³-hybridized carbons (Fsp3) is 0.545. The van der Waals surface area contributed by atoms with Gasteiger partial charge in [0, 0.05) is 61.8 Å². The molecule has 0 aromatic heterocycles. The molecule has 314 valence electrons. The van der Waals surface area contributed by atoms with Crippen molar-refractivity contribution in [2.24, 2.45) is 29.6 Å². The minimum absolute atomic E-state index is 0.105. The number of nitrogens with one attached hydrogen (secondary N) is 1. The lowest BCUT2D eigenvalue weighted by Gasteiger charge is -2.38. The average molecular weight is 806 g/mol. The van der Waals surface area contributed by atoms with Gasteiger partial charge in [-0.3, -0.25) is 28.8 Å². The van der Waals surface area contributed by atoms with Crippen LogP contribution in [-0.4, -0.2) is 82.7 Å². The summed E-state index contributed by atoms with van der Waals surface area (Å²) in [6, 6.07) is 0. The second-order valence-electron chi connectivity index (χ2n) is 16.1. The number of aliphatic hydroxyl groups is 2. The Morgan fingerprint density at radius 1 is 0.897 bits per heavy atom. The quantitative estimate of drug-likeness (QED) is 0.258. The molecule has 0 unspecified atom stereocenters. The third-order valence-electron chi connectivity index (χ3n) is 11.9. The normalized spacial score (nSPS) is 33.2. The van der Waals surface area contributed by atoms with Gasteiger partial charge in [-0.1, -0.05) is 65.2 Å². The number of amides is 1. The van der Waals surface area contributed by atoms with Crippen LogP contribution in [0, 0.1) is 36.5 Å². The molecule has 0 radical (unpaired) electrons. The van der Waals surface area contributed by atoms with E-state index in [1.54, 1.807) is 39.8 Å². The van der Waals surface area contributed by atoms with E-state index in [0.29, 0.717) is 12.8 Å². The Morgan fingerprint density at radius 3 is 2.21 bits per heavy atom. The Labute approximate surface area is 338 Å². The van der Waals surface area contributed by atoms with Crippen molar-refractivity contribution >= 4 is 35.2 Å². The first-order chi connectivity index (χ1) is 27.3. The molecule has 9 atom stereocenters. The van der Waals surface area contributed by atoms with E-state index in [4.69, 9.17) is 23.7 Å². The number of carbonyl (C=O) groups excluding carboxylic acids is 6. The van der Waals surface area contributed by atoms with Crippen LogP contribution in [0.3, 0.4) is 0 Å². The van der Waals surface area contributed by atoms with Gasteiger partial charge < -0.3 is 39.2 Å². The summed E-state index contributed by atoms with van der Waals surface area (Å²) in [5.41, 5.74) is -1.07. The number of benzene rings is 1. The van der Waals surface area contributed by atoms with E-state index < -0.39 is 95.0 Å². The molecule has 0 saturated heterocycles. The third-order valence-corrected chi connectivity index (χ3v) is 11.9. The van der Waals surface area contributed by atoms with Crippen molar-refractivity contribution in [2.45, 2.75) is 118 Å². The number of hydrogen-bond acceptors (Lipinski definition) is 13. The lowest BCUT2D eigenvalue weighted by Crippen LogP contribution is -2.46. The molecule has 3 aliphatic heterocycles. The van der Waals surface area contributed by atoms with Crippen LogP contribution < -0.4 is 14.8 Å². The Kier molecular flexibility index (Phi) is 13.7. The highest BCUT2D eigenvalue weighted by Gasteiger charge is 2.52. The summed E-state index contributed by atoms with van der Waals surface area (Å²) >= 11 is 0. The highest BCUT2D eigenvalue weighted by molar-refractivity contribution is 6.31. The zero-order valence-electron chi connectivity index (χ0n) is 34.6. The summed E-state index contributed by atoms with van der Waals surface area (Å²) in [6.07, 6.45) is 8.15. The monoisotopic (exact) mass is 805 g/mol. The molecule has 0 spiro atoms. The van der Waals surface area contributed by atoms with Crippen LogP contribution in [0.5, 0.6) is 11.5 Å². The number of fused-ring (bicyclic) bond motifs is 14. The average Bonchev–Trinajstić information content (AvgIpc) is 3.46. The molecule has 1 fully saturated rings. The first-order valence-corrected chi connectivity index (χ1v) is 19.9. The van der Waals surface area contributed by atoms with Crippen LogP contribution in [0.25, 0.3) is 0 Å². The van der Waals surface area contributed by atoms with Crippen molar-refractivity contribution in [2.75, 3.05) is 7.11 Å². The molecule has 1 saturated carbocycles. The number of Topliss-reactive ketones (excluding diaryl/α,β-unsaturated/α-hetero) is 2. The van der Waals surface area contributed by atoms with Crippen LogP contribution in [0.15, 0.2) is 47.9 Å². The highest BCUT2D eigenvalue weighted by Crippen LogP contribution is 2.48. The second kappa shape index (κ2) is 17.9. The van der Waals surface area contributed by atoms with Gasteiger partial charge in [0.25, 0.3) is 11.7 Å². The van der Waals surface area contributed by atoms with Gasteiger partial charge in [0.1, 0.15) is 17.6 Å². The van der Waals surface area contributed by atoms with Crippen molar-refractivity contribution in [1.82, 2.24) is 5.32 Å². The van der Waals surface area contributed by atoms with Crippen molar-refractivity contribution in [3.8, 4) is 11.5 Å². The van der Waals surface area contributed by atoms with Gasteiger partial charge in [-0.05, 0) is 32.8 Å². The molecule has 1 amide bonds. The number of esters is 2. The maximum Gasteiger partial charge on any atom is 0.314 e. The van der Waals surface area contributed by atoms with Gasteiger partial charge in [-0.2, -0.15) is 0 Å². The molecular weight excluding hydrogens is 750 g/mol. The number of aliphatic hydroxyl groups excluding tert-OH is 2. The maximum absolute atomic E-state index is 14.3. The summed E-state index contributed by atoms with van der Waals surface area (Å²) < 4.78 is 29.6. The molecule has 6 rings (SSSR count). The van der Waals surface area contributed by atoms with E-state index in [1.807, 2.05) is 0 Å². The number of ketones is 3. The van der Waals surface area contributed by atoms with Crippen LogP contribution in [0.1, 0.15) is 117 Å². The van der Waals surface area contributed by atoms with Crippen LogP contribution in [0.2, 0.25) is 0 Å². The van der Waals surface area contributed by atoms with Crippen molar-refractivity contribution in [1.29, 1.82) is 0 Å². The topological polar surface area (TPSA) is 201 Å². The van der Waals surface area contributed by atoms with Gasteiger partial charge in [0.2, 0.25) is 5.78 Å². The van der Waals surface area contributed by atoms with Gasteiger partial charge in [0.05, 0.1) is 52.9 Å². The third kappa shape index (κ3) is 8.74. The maximum atomic E-state index is 14.3. The van der Waals surface area contributed by atoms with E-state index in [0.717, 1.165) is 25.3 Å². The predicted molar refractivity (Wildman–Crippen MR) is 210 cm³/mol. The molecule has 58 heavy (non-hydrogen) atoms. The molecule has 5 aliphatic rings. The molecule has 5 bridgehead atoms. The SMILES string of the molecule is CO[C@H]1/C=C\O[C@@]2(C)Oc3c(C)c(OC(=O)C4CCCCC4)c4c(c3C2=O)C(=O)C=C(NC(=O)/C(C)=C\C=C/[C@H](C)[C@H](O)[C@@H](C)[C@H](O)[C@H](C)[C@H](OC(C)=O)[C@@H]1C)C4=O. The number of carbonyl (C=O) groups is 6. The first-order valence-electron chi connectivity index (χ1n) is 19.9. The van der Waals surface area contributed by atoms with Crippen LogP contribution in [-0.2, 0) is 28.6 Å². The van der Waals surface area contributed by atoms with Crippen LogP contribution in [0.4, 0.5) is 0 Å². The molecular formula is C44H55NO13. The fourth-order valence-electron chi connectivity index (χ4n) is 8.26. The lowest BCUT2D eigenvalue weighted by atomic mass is 9.78. The van der Waals surface area contributed by atoms with Gasteiger partial charge in [-0.15, -0.1) is 0 Å². The lowest BCUT2D eigenvalue weighted by molar-refractivity contribution is -0.160.